The van der Waals surface area contributed by atoms with Gasteiger partial charge in [0.2, 0.25) is 0 Å². The number of hydrazine groups is 1. The number of para-hydroxylation sites is 1. The molecule has 0 saturated carbocycles. The van der Waals surface area contributed by atoms with E-state index in [4.69, 9.17) is 0 Å². The van der Waals surface area contributed by atoms with Gasteiger partial charge >= 0.3 is 11.9 Å². The highest BCUT2D eigenvalue weighted by molar-refractivity contribution is 6.14. The number of ether oxygens (including phenoxy) is 1. The van der Waals surface area contributed by atoms with E-state index in [2.05, 4.69) is 15.7 Å². The molecule has 1 unspecified atom stereocenters. The lowest BCUT2D eigenvalue weighted by Crippen LogP contribution is -3.10. The van der Waals surface area contributed by atoms with Crippen LogP contribution < -0.4 is 16.1 Å². The molecule has 1 aliphatic rings. The van der Waals surface area contributed by atoms with E-state index in [1.54, 1.807) is 12.1 Å². The molecular weight excluding hydrogens is 274 g/mol. The van der Waals surface area contributed by atoms with Crippen LogP contribution in [0.5, 0.6) is 0 Å². The molecule has 2 aromatic rings. The van der Waals surface area contributed by atoms with Crippen molar-refractivity contribution in [1.82, 2.24) is 5.53 Å². The maximum atomic E-state index is 12.0. The Morgan fingerprint density at radius 1 is 0.952 bits per heavy atom. The molecule has 2 aromatic carbocycles. The van der Waals surface area contributed by atoms with Gasteiger partial charge in [-0.1, -0.05) is 23.7 Å². The van der Waals surface area contributed by atoms with E-state index in [0.29, 0.717) is 0 Å². The quantitative estimate of drug-likeness (QED) is 0.431. The number of benzene rings is 2. The van der Waals surface area contributed by atoms with Crippen LogP contribution in [0.1, 0.15) is 20.7 Å². The second kappa shape index (κ2) is 5.33. The molecule has 21 heavy (non-hydrogen) atoms. The summed E-state index contributed by atoms with van der Waals surface area (Å²) in [6.45, 7) is 0. The lowest BCUT2D eigenvalue weighted by atomic mass is 10.1. The summed E-state index contributed by atoms with van der Waals surface area (Å²) in [5.74, 6) is -1.43. The molecule has 0 saturated heterocycles. The predicted molar refractivity (Wildman–Crippen MR) is 73.4 cm³/mol. The smallest absolute Gasteiger partial charge is 0.347 e. The largest absolute Gasteiger partial charge is 0.607 e. The number of esters is 2. The van der Waals surface area contributed by atoms with Gasteiger partial charge in [-0.25, -0.2) is 14.8 Å². The van der Waals surface area contributed by atoms with Crippen LogP contribution in [-0.4, -0.2) is 11.9 Å². The molecule has 0 bridgehead atoms. The molecule has 0 amide bonds. The van der Waals surface area contributed by atoms with E-state index < -0.39 is 17.1 Å². The normalized spacial score (nSPS) is 14.5. The molecule has 3 N–H and O–H groups in total. The van der Waals surface area contributed by atoms with E-state index in [1.165, 1.54) is 18.2 Å². The predicted octanol–water partition coefficient (Wildman–Crippen LogP) is 0.543. The molecule has 106 valence electrons. The topological polar surface area (TPSA) is 94.9 Å². The fourth-order valence-corrected chi connectivity index (χ4v) is 1.95. The second-order valence-electron chi connectivity index (χ2n) is 4.38. The van der Waals surface area contributed by atoms with Gasteiger partial charge in [0.05, 0.1) is 16.8 Å². The summed E-state index contributed by atoms with van der Waals surface area (Å²) < 4.78 is 4.47. The summed E-state index contributed by atoms with van der Waals surface area (Å²) >= 11 is 0. The summed E-state index contributed by atoms with van der Waals surface area (Å²) in [6, 6.07) is 13.3. The van der Waals surface area contributed by atoms with Crippen molar-refractivity contribution in [3.8, 4) is 0 Å². The van der Waals surface area contributed by atoms with E-state index in [1.807, 2.05) is 18.2 Å². The van der Waals surface area contributed by atoms with Crippen LogP contribution in [0.25, 0.3) is 0 Å². The van der Waals surface area contributed by atoms with Gasteiger partial charge in [-0.15, -0.1) is 0 Å². The molecule has 0 spiro atoms. The van der Waals surface area contributed by atoms with Crippen LogP contribution in [-0.2, 0) is 4.74 Å². The highest BCUT2D eigenvalue weighted by Crippen LogP contribution is 2.21. The van der Waals surface area contributed by atoms with Gasteiger partial charge < -0.3 is 9.94 Å². The Morgan fingerprint density at radius 3 is 2.43 bits per heavy atom. The van der Waals surface area contributed by atoms with Crippen LogP contribution in [0.3, 0.4) is 0 Å². The first-order chi connectivity index (χ1) is 10.1. The third-order valence-electron chi connectivity index (χ3n) is 3.00. The standard InChI is InChI=1S/C14H11N3O4/c18-13-11-7-6-10(8-12(11)14(19)21-13)17(20)16-15-9-4-2-1-3-5-9/h1-8,15-17H. The molecule has 7 heteroatoms. The molecule has 0 radical (unpaired) electrons. The van der Waals surface area contributed by atoms with Crippen molar-refractivity contribution in [3.63, 3.8) is 0 Å². The highest BCUT2D eigenvalue weighted by Gasteiger charge is 2.30. The zero-order valence-electron chi connectivity index (χ0n) is 10.8. The molecule has 1 heterocycles. The van der Waals surface area contributed by atoms with Crippen LogP contribution >= 0.6 is 0 Å². The molecule has 3 rings (SSSR count). The number of carbonyl (C=O) groups excluding carboxylic acids is 2. The summed E-state index contributed by atoms with van der Waals surface area (Å²) in [4.78, 5) is 22.8. The first-order valence-electron chi connectivity index (χ1n) is 6.17. The molecule has 0 aliphatic carbocycles. The number of hydrogen-bond acceptors (Lipinski definition) is 6. The van der Waals surface area contributed by atoms with Gasteiger partial charge in [0.15, 0.2) is 5.69 Å². The number of rotatable bonds is 4. The monoisotopic (exact) mass is 285 g/mol. The Balaban J connectivity index is 1.74. The van der Waals surface area contributed by atoms with Crippen LogP contribution in [0, 0.1) is 5.21 Å². The molecule has 0 fully saturated rings. The number of nitrogens with one attached hydrogen (secondary N) is 3. The Kier molecular flexibility index (Phi) is 3.36. The third-order valence-corrected chi connectivity index (χ3v) is 3.00. The van der Waals surface area contributed by atoms with Crippen molar-refractivity contribution in [2.45, 2.75) is 0 Å². The Hall–Kier alpha value is -2.74. The molecule has 7 nitrogen and oxygen atoms in total. The van der Waals surface area contributed by atoms with E-state index in [9.17, 15) is 14.8 Å². The zero-order valence-corrected chi connectivity index (χ0v) is 10.8. The number of carbonyl (C=O) groups is 2. The Morgan fingerprint density at radius 2 is 1.67 bits per heavy atom. The average molecular weight is 285 g/mol. The van der Waals surface area contributed by atoms with Gasteiger partial charge in [-0.3, -0.25) is 5.43 Å². The van der Waals surface area contributed by atoms with Crippen molar-refractivity contribution in [2.24, 2.45) is 0 Å². The Bertz CT molecular complexity index is 703. The minimum atomic E-state index is -0.735. The van der Waals surface area contributed by atoms with Gasteiger partial charge in [0, 0.05) is 12.1 Å². The lowest BCUT2D eigenvalue weighted by molar-refractivity contribution is -0.825. The van der Waals surface area contributed by atoms with Gasteiger partial charge in [-0.05, 0) is 18.2 Å². The number of quaternary nitrogens is 1. The third kappa shape index (κ3) is 2.61. The molecule has 0 aromatic heterocycles. The summed E-state index contributed by atoms with van der Waals surface area (Å²) in [5.41, 5.74) is 6.51. The molecular formula is C14H11N3O4. The highest BCUT2D eigenvalue weighted by atomic mass is 16.6. The summed E-state index contributed by atoms with van der Waals surface area (Å²) in [6.07, 6.45) is 0. The number of hydrogen-bond donors (Lipinski definition) is 3. The maximum absolute atomic E-state index is 12.0. The summed E-state index contributed by atoms with van der Waals surface area (Å²) in [7, 11) is 0. The summed E-state index contributed by atoms with van der Waals surface area (Å²) in [5, 5.41) is 11.6. The van der Waals surface area contributed by atoms with Crippen molar-refractivity contribution < 1.29 is 19.5 Å². The fraction of sp³-hybridized carbons (Fsp3) is 0. The number of anilines is 1. The van der Waals surface area contributed by atoms with Crippen LogP contribution in [0.4, 0.5) is 11.4 Å². The number of fused-ring (bicyclic) bond motifs is 1. The van der Waals surface area contributed by atoms with Crippen molar-refractivity contribution >= 4 is 23.3 Å². The molecule has 1 aliphatic heterocycles. The van der Waals surface area contributed by atoms with Crippen molar-refractivity contribution in [2.75, 3.05) is 5.43 Å². The van der Waals surface area contributed by atoms with E-state index in [-0.39, 0.29) is 16.8 Å². The van der Waals surface area contributed by atoms with Gasteiger partial charge in [0.25, 0.3) is 0 Å². The number of cyclic esters (lactones) is 2. The minimum absolute atomic E-state index is 0.104. The van der Waals surface area contributed by atoms with Crippen molar-refractivity contribution in [1.29, 1.82) is 0 Å². The van der Waals surface area contributed by atoms with E-state index in [0.717, 1.165) is 5.69 Å². The Labute approximate surface area is 119 Å². The second-order valence-corrected chi connectivity index (χ2v) is 4.38. The van der Waals surface area contributed by atoms with Crippen molar-refractivity contribution in [3.05, 3.63) is 64.9 Å². The first kappa shape index (κ1) is 13.3. The SMILES string of the molecule is O=C1OC(=O)c2cc([NH+]([O-])NNc3ccccc3)ccc21. The first-order valence-corrected chi connectivity index (χ1v) is 6.17. The zero-order chi connectivity index (χ0) is 14.8. The van der Waals surface area contributed by atoms with E-state index >= 15 is 0 Å². The minimum Gasteiger partial charge on any atom is -0.607 e. The van der Waals surface area contributed by atoms with Gasteiger partial charge in [0.1, 0.15) is 0 Å². The van der Waals surface area contributed by atoms with Crippen LogP contribution in [0.2, 0.25) is 0 Å². The molecule has 1 atom stereocenters. The maximum Gasteiger partial charge on any atom is 0.347 e. The lowest BCUT2D eigenvalue weighted by Gasteiger charge is -2.22. The van der Waals surface area contributed by atoms with Crippen LogP contribution in [0.15, 0.2) is 48.5 Å². The fourth-order valence-electron chi connectivity index (χ4n) is 1.95. The van der Waals surface area contributed by atoms with Gasteiger partial charge in [-0.2, -0.15) is 0 Å². The average Bonchev–Trinajstić information content (AvgIpc) is 2.80.